The molecule has 2 aromatic rings. The van der Waals surface area contributed by atoms with Crippen molar-refractivity contribution < 1.29 is 19.4 Å². The van der Waals surface area contributed by atoms with Gasteiger partial charge in [-0.25, -0.2) is 4.79 Å². The van der Waals surface area contributed by atoms with Crippen LogP contribution in [0.25, 0.3) is 11.1 Å². The average Bonchev–Trinajstić information content (AvgIpc) is 2.71. The summed E-state index contributed by atoms with van der Waals surface area (Å²) in [5, 5.41) is 8.62. The molecule has 1 N–H and O–H groups in total. The van der Waals surface area contributed by atoms with Crippen molar-refractivity contribution in [1.29, 1.82) is 0 Å². The number of ether oxygens (including phenoxy) is 1. The van der Waals surface area contributed by atoms with Gasteiger partial charge < -0.3 is 9.84 Å². The molecule has 0 saturated carbocycles. The molecule has 0 atom stereocenters. The van der Waals surface area contributed by atoms with Crippen LogP contribution in [0.2, 0.25) is 0 Å². The molecule has 0 amide bonds. The summed E-state index contributed by atoms with van der Waals surface area (Å²) in [7, 11) is 0. The molecule has 4 nitrogen and oxygen atoms in total. The van der Waals surface area contributed by atoms with E-state index in [0.717, 1.165) is 23.1 Å². The van der Waals surface area contributed by atoms with Crippen molar-refractivity contribution in [3.63, 3.8) is 0 Å². The Balaban J connectivity index is 2.10. The van der Waals surface area contributed by atoms with Crippen molar-refractivity contribution in [2.24, 2.45) is 0 Å². The maximum Gasteiger partial charge on any atom is 0.511 e. The fraction of sp³-hybridized carbons (Fsp3) is 0.125. The molecular weight excluding hydrogens is 256 g/mol. The summed E-state index contributed by atoms with van der Waals surface area (Å²) >= 11 is 0. The molecule has 0 aromatic heterocycles. The van der Waals surface area contributed by atoms with E-state index in [1.807, 2.05) is 25.1 Å². The third-order valence-electron chi connectivity index (χ3n) is 3.47. The number of hydrogen-bond donors (Lipinski definition) is 1. The van der Waals surface area contributed by atoms with Crippen molar-refractivity contribution in [1.82, 2.24) is 0 Å². The fourth-order valence-electron chi connectivity index (χ4n) is 2.49. The normalized spacial score (nSPS) is 11.9. The highest BCUT2D eigenvalue weighted by Crippen LogP contribution is 2.38. The second kappa shape index (κ2) is 4.49. The lowest BCUT2D eigenvalue weighted by atomic mass is 10.0. The van der Waals surface area contributed by atoms with E-state index in [1.54, 1.807) is 12.1 Å². The van der Waals surface area contributed by atoms with E-state index in [1.165, 1.54) is 6.07 Å². The largest absolute Gasteiger partial charge is 0.511 e. The Morgan fingerprint density at radius 3 is 2.35 bits per heavy atom. The van der Waals surface area contributed by atoms with E-state index in [9.17, 15) is 9.59 Å². The molecule has 0 unspecified atom stereocenters. The minimum atomic E-state index is -1.39. The maximum absolute atomic E-state index is 12.4. The van der Waals surface area contributed by atoms with Crippen LogP contribution in [0.4, 0.5) is 4.79 Å². The number of rotatable bonds is 2. The summed E-state index contributed by atoms with van der Waals surface area (Å²) in [5.74, 6) is 0.0780. The van der Waals surface area contributed by atoms with E-state index in [4.69, 9.17) is 5.11 Å². The second-order valence-electron chi connectivity index (χ2n) is 4.64. The van der Waals surface area contributed by atoms with Gasteiger partial charge in [-0.15, -0.1) is 0 Å². The van der Waals surface area contributed by atoms with Crippen molar-refractivity contribution in [3.05, 3.63) is 53.1 Å². The molecule has 1 aliphatic rings. The smallest absolute Gasteiger partial charge is 0.449 e. The van der Waals surface area contributed by atoms with Gasteiger partial charge in [0.2, 0.25) is 0 Å². The summed E-state index contributed by atoms with van der Waals surface area (Å²) in [6, 6.07) is 10.6. The van der Waals surface area contributed by atoms with Crippen LogP contribution in [0.1, 0.15) is 28.4 Å². The van der Waals surface area contributed by atoms with Gasteiger partial charge in [-0.1, -0.05) is 19.1 Å². The number of fused-ring (bicyclic) bond motifs is 3. The molecule has 0 saturated heterocycles. The highest BCUT2D eigenvalue weighted by atomic mass is 16.7. The van der Waals surface area contributed by atoms with Gasteiger partial charge in [-0.05, 0) is 47.4 Å². The van der Waals surface area contributed by atoms with Gasteiger partial charge in [-0.3, -0.25) is 4.79 Å². The zero-order valence-corrected chi connectivity index (χ0v) is 10.8. The van der Waals surface area contributed by atoms with Crippen LogP contribution in [0, 0.1) is 0 Å². The van der Waals surface area contributed by atoms with Crippen molar-refractivity contribution in [2.75, 3.05) is 0 Å². The predicted molar refractivity (Wildman–Crippen MR) is 73.3 cm³/mol. The summed E-state index contributed by atoms with van der Waals surface area (Å²) in [6.45, 7) is 2.03. The minimum absolute atomic E-state index is 0.0823. The number of hydrogen-bond acceptors (Lipinski definition) is 3. The lowest BCUT2D eigenvalue weighted by molar-refractivity contribution is 0.104. The number of carboxylic acid groups (broad SMARTS) is 1. The Kier molecular flexibility index (Phi) is 2.79. The van der Waals surface area contributed by atoms with E-state index in [0.29, 0.717) is 11.1 Å². The van der Waals surface area contributed by atoms with Crippen molar-refractivity contribution >= 4 is 11.9 Å². The SMILES string of the molecule is CCc1ccc2c(c1)C(=O)c1cc(OC(=O)O)ccc1-2. The zero-order chi connectivity index (χ0) is 14.3. The number of carbonyl (C=O) groups excluding carboxylic acids is 1. The Labute approximate surface area is 115 Å². The third kappa shape index (κ3) is 1.86. The Bertz CT molecular complexity index is 731. The van der Waals surface area contributed by atoms with Crippen LogP contribution in [-0.2, 0) is 6.42 Å². The minimum Gasteiger partial charge on any atom is -0.449 e. The van der Waals surface area contributed by atoms with Gasteiger partial charge in [0, 0.05) is 11.1 Å². The van der Waals surface area contributed by atoms with E-state index >= 15 is 0 Å². The number of benzene rings is 2. The van der Waals surface area contributed by atoms with Crippen LogP contribution in [-0.4, -0.2) is 17.0 Å². The Hall–Kier alpha value is -2.62. The van der Waals surface area contributed by atoms with Crippen LogP contribution in [0.3, 0.4) is 0 Å². The van der Waals surface area contributed by atoms with Crippen molar-refractivity contribution in [3.8, 4) is 16.9 Å². The Morgan fingerprint density at radius 1 is 1.05 bits per heavy atom. The molecule has 0 bridgehead atoms. The maximum atomic E-state index is 12.4. The number of carbonyl (C=O) groups is 2. The molecular formula is C16H12O4. The Morgan fingerprint density at radius 2 is 1.70 bits per heavy atom. The molecule has 100 valence electrons. The standard InChI is InChI=1S/C16H12O4/c1-2-9-3-5-11-12-6-4-10(20-16(18)19)8-14(12)15(17)13(11)7-9/h3-8H,2H2,1H3,(H,18,19). The highest BCUT2D eigenvalue weighted by molar-refractivity contribution is 6.22. The molecule has 1 aliphatic carbocycles. The van der Waals surface area contributed by atoms with Crippen molar-refractivity contribution in [2.45, 2.75) is 13.3 Å². The van der Waals surface area contributed by atoms with Crippen LogP contribution in [0.15, 0.2) is 36.4 Å². The van der Waals surface area contributed by atoms with Gasteiger partial charge in [0.05, 0.1) is 0 Å². The molecule has 0 radical (unpaired) electrons. The molecule has 3 rings (SSSR count). The van der Waals surface area contributed by atoms with Crippen LogP contribution < -0.4 is 4.74 Å². The topological polar surface area (TPSA) is 63.6 Å². The van der Waals surface area contributed by atoms with Gasteiger partial charge in [0.25, 0.3) is 0 Å². The summed E-state index contributed by atoms with van der Waals surface area (Å²) < 4.78 is 4.60. The average molecular weight is 268 g/mol. The molecule has 0 fully saturated rings. The molecule has 0 spiro atoms. The van der Waals surface area contributed by atoms with E-state index in [-0.39, 0.29) is 11.5 Å². The van der Waals surface area contributed by atoms with Crippen LogP contribution in [0.5, 0.6) is 5.75 Å². The highest BCUT2D eigenvalue weighted by Gasteiger charge is 2.27. The van der Waals surface area contributed by atoms with E-state index in [2.05, 4.69) is 4.74 Å². The molecule has 20 heavy (non-hydrogen) atoms. The third-order valence-corrected chi connectivity index (χ3v) is 3.47. The first-order valence-corrected chi connectivity index (χ1v) is 6.33. The first kappa shape index (κ1) is 12.4. The fourth-order valence-corrected chi connectivity index (χ4v) is 2.49. The van der Waals surface area contributed by atoms with Gasteiger partial charge in [0.15, 0.2) is 5.78 Å². The van der Waals surface area contributed by atoms with E-state index < -0.39 is 6.16 Å². The van der Waals surface area contributed by atoms with Gasteiger partial charge in [-0.2, -0.15) is 0 Å². The summed E-state index contributed by atoms with van der Waals surface area (Å²) in [6.07, 6.45) is -0.522. The summed E-state index contributed by atoms with van der Waals surface area (Å²) in [5.41, 5.74) is 3.99. The second-order valence-corrected chi connectivity index (χ2v) is 4.64. The molecule has 0 heterocycles. The number of ketones is 1. The monoisotopic (exact) mass is 268 g/mol. The van der Waals surface area contributed by atoms with Crippen LogP contribution >= 0.6 is 0 Å². The lowest BCUT2D eigenvalue weighted by Crippen LogP contribution is -2.04. The summed E-state index contributed by atoms with van der Waals surface area (Å²) in [4.78, 5) is 22.9. The lowest BCUT2D eigenvalue weighted by Gasteiger charge is -2.03. The molecule has 2 aromatic carbocycles. The van der Waals surface area contributed by atoms with Gasteiger partial charge in [0.1, 0.15) is 5.75 Å². The quantitative estimate of drug-likeness (QED) is 0.570. The molecule has 4 heteroatoms. The first-order valence-electron chi connectivity index (χ1n) is 6.33. The van der Waals surface area contributed by atoms with Gasteiger partial charge >= 0.3 is 6.16 Å². The molecule has 0 aliphatic heterocycles. The zero-order valence-electron chi connectivity index (χ0n) is 10.8. The predicted octanol–water partition coefficient (Wildman–Crippen LogP) is 3.52. The number of aryl methyl sites for hydroxylation is 1. The first-order chi connectivity index (χ1) is 9.60.